The Balaban J connectivity index is 0.00000364. The molecule has 1 amide bonds. The molecule has 1 fully saturated rings. The number of benzene rings is 1. The Morgan fingerprint density at radius 1 is 1.11 bits per heavy atom. The third-order valence-corrected chi connectivity index (χ3v) is 4.36. The van der Waals surface area contributed by atoms with Crippen LogP contribution in [0.1, 0.15) is 20.8 Å². The summed E-state index contributed by atoms with van der Waals surface area (Å²) in [5.41, 5.74) is 0.269. The van der Waals surface area contributed by atoms with Crippen LogP contribution in [-0.2, 0) is 4.79 Å². The molecule has 27 heavy (non-hydrogen) atoms. The number of halogens is 2. The van der Waals surface area contributed by atoms with Crippen LogP contribution in [-0.4, -0.2) is 63.1 Å². The Bertz CT molecular complexity index is 639. The molecule has 0 bridgehead atoms. The van der Waals surface area contributed by atoms with Gasteiger partial charge in [0.1, 0.15) is 5.82 Å². The van der Waals surface area contributed by atoms with Crippen molar-refractivity contribution in [2.24, 2.45) is 10.4 Å². The molecule has 0 atom stereocenters. The summed E-state index contributed by atoms with van der Waals surface area (Å²) in [5, 5.41) is 6.20. The summed E-state index contributed by atoms with van der Waals surface area (Å²) in [7, 11) is 1.75. The number of aliphatic imine (C=N–C) groups is 1. The number of hydrogen-bond donors (Lipinski definition) is 2. The summed E-state index contributed by atoms with van der Waals surface area (Å²) in [6.45, 7) is 9.85. The van der Waals surface area contributed by atoms with Crippen molar-refractivity contribution in [2.45, 2.75) is 20.8 Å². The van der Waals surface area contributed by atoms with Crippen LogP contribution < -0.4 is 15.5 Å². The predicted octanol–water partition coefficient (Wildman–Crippen LogP) is 2.30. The second kappa shape index (κ2) is 10.7. The number of nitrogens with zero attached hydrogens (tertiary/aromatic N) is 3. The average Bonchev–Trinajstić information content (AvgIpc) is 2.61. The first kappa shape index (κ1) is 23.5. The third kappa shape index (κ3) is 6.82. The number of hydrogen-bond acceptors (Lipinski definition) is 3. The molecule has 0 saturated carbocycles. The Kier molecular flexibility index (Phi) is 9.28. The lowest BCUT2D eigenvalue weighted by Gasteiger charge is -2.37. The van der Waals surface area contributed by atoms with E-state index in [1.165, 1.54) is 6.07 Å². The molecule has 1 aliphatic heterocycles. The largest absolute Gasteiger partial charge is 0.366 e. The van der Waals surface area contributed by atoms with Gasteiger partial charge < -0.3 is 20.4 Å². The molecule has 1 aliphatic rings. The van der Waals surface area contributed by atoms with Crippen molar-refractivity contribution in [2.75, 3.05) is 51.2 Å². The number of amides is 1. The third-order valence-electron chi connectivity index (χ3n) is 4.36. The van der Waals surface area contributed by atoms with Gasteiger partial charge in [0.25, 0.3) is 0 Å². The van der Waals surface area contributed by atoms with Crippen molar-refractivity contribution in [3.8, 4) is 0 Å². The first-order chi connectivity index (χ1) is 12.3. The zero-order valence-electron chi connectivity index (χ0n) is 16.6. The average molecular weight is 491 g/mol. The van der Waals surface area contributed by atoms with Crippen LogP contribution >= 0.6 is 24.0 Å². The van der Waals surface area contributed by atoms with Crippen molar-refractivity contribution in [1.29, 1.82) is 0 Å². The van der Waals surface area contributed by atoms with E-state index in [1.807, 2.05) is 32.9 Å². The van der Waals surface area contributed by atoms with Gasteiger partial charge in [-0.3, -0.25) is 9.79 Å². The van der Waals surface area contributed by atoms with Gasteiger partial charge in [-0.2, -0.15) is 0 Å². The second-order valence-corrected chi connectivity index (χ2v) is 7.41. The lowest BCUT2D eigenvalue weighted by Crippen LogP contribution is -2.53. The molecule has 1 heterocycles. The lowest BCUT2D eigenvalue weighted by atomic mass is 9.96. The Labute approximate surface area is 178 Å². The first-order valence-electron chi connectivity index (χ1n) is 9.06. The van der Waals surface area contributed by atoms with Crippen LogP contribution in [0.3, 0.4) is 0 Å². The van der Waals surface area contributed by atoms with Crippen molar-refractivity contribution in [3.05, 3.63) is 30.1 Å². The number of nitrogens with one attached hydrogen (secondary N) is 2. The molecule has 0 aliphatic carbocycles. The van der Waals surface area contributed by atoms with Crippen molar-refractivity contribution >= 4 is 41.5 Å². The van der Waals surface area contributed by atoms with Gasteiger partial charge >= 0.3 is 0 Å². The molecule has 0 radical (unpaired) electrons. The highest BCUT2D eigenvalue weighted by atomic mass is 127. The molecule has 1 saturated heterocycles. The molecular weight excluding hydrogens is 460 g/mol. The van der Waals surface area contributed by atoms with Crippen LogP contribution in [0, 0.1) is 11.2 Å². The van der Waals surface area contributed by atoms with E-state index in [4.69, 9.17) is 0 Å². The highest BCUT2D eigenvalue weighted by molar-refractivity contribution is 14.0. The number of anilines is 1. The summed E-state index contributed by atoms with van der Waals surface area (Å²) in [6, 6.07) is 6.88. The SMILES string of the molecule is CN=C(NCCNC(=O)C(C)(C)C)N1CCN(c2ccccc2F)CC1.I. The maximum absolute atomic E-state index is 13.9. The number of carbonyl (C=O) groups excluding carboxylic acids is 1. The van der Waals surface area contributed by atoms with E-state index in [9.17, 15) is 9.18 Å². The van der Waals surface area contributed by atoms with Gasteiger partial charge in [-0.05, 0) is 12.1 Å². The standard InChI is InChI=1S/C19H30FN5O.HI/c1-19(2,3)17(26)22-9-10-23-18(21-4)25-13-11-24(12-14-25)16-8-6-5-7-15(16)20;/h5-8H,9-14H2,1-4H3,(H,21,23)(H,22,26);1H. The minimum Gasteiger partial charge on any atom is -0.366 e. The number of piperazine rings is 1. The smallest absolute Gasteiger partial charge is 0.225 e. The van der Waals surface area contributed by atoms with E-state index in [2.05, 4.69) is 25.4 Å². The van der Waals surface area contributed by atoms with Gasteiger partial charge in [0.15, 0.2) is 5.96 Å². The van der Waals surface area contributed by atoms with E-state index >= 15 is 0 Å². The van der Waals surface area contributed by atoms with Gasteiger partial charge in [0.2, 0.25) is 5.91 Å². The summed E-state index contributed by atoms with van der Waals surface area (Å²) in [6.07, 6.45) is 0. The number of carbonyl (C=O) groups is 1. The minimum absolute atomic E-state index is 0. The molecule has 8 heteroatoms. The molecule has 1 aromatic rings. The van der Waals surface area contributed by atoms with Crippen LogP contribution in [0.25, 0.3) is 0 Å². The van der Waals surface area contributed by atoms with Gasteiger partial charge in [-0.1, -0.05) is 32.9 Å². The van der Waals surface area contributed by atoms with Gasteiger partial charge in [-0.25, -0.2) is 4.39 Å². The zero-order chi connectivity index (χ0) is 19.2. The molecule has 152 valence electrons. The summed E-state index contributed by atoms with van der Waals surface area (Å²) in [4.78, 5) is 20.4. The van der Waals surface area contributed by atoms with Crippen LogP contribution in [0.2, 0.25) is 0 Å². The molecule has 6 nitrogen and oxygen atoms in total. The Morgan fingerprint density at radius 3 is 2.26 bits per heavy atom. The van der Waals surface area contributed by atoms with Crippen molar-refractivity contribution in [3.63, 3.8) is 0 Å². The fourth-order valence-electron chi connectivity index (χ4n) is 2.82. The lowest BCUT2D eigenvalue weighted by molar-refractivity contribution is -0.128. The molecule has 0 spiro atoms. The molecule has 0 aromatic heterocycles. The van der Waals surface area contributed by atoms with Gasteiger partial charge in [-0.15, -0.1) is 24.0 Å². The summed E-state index contributed by atoms with van der Waals surface area (Å²) < 4.78 is 13.9. The molecule has 0 unspecified atom stereocenters. The fourth-order valence-corrected chi connectivity index (χ4v) is 2.82. The summed E-state index contributed by atoms with van der Waals surface area (Å²) >= 11 is 0. The number of guanidine groups is 1. The van der Waals surface area contributed by atoms with E-state index in [-0.39, 0.29) is 41.1 Å². The molecule has 2 N–H and O–H groups in total. The Hall–Kier alpha value is -1.58. The van der Waals surface area contributed by atoms with Gasteiger partial charge in [0.05, 0.1) is 5.69 Å². The topological polar surface area (TPSA) is 60.0 Å². The molecule has 1 aromatic carbocycles. The second-order valence-electron chi connectivity index (χ2n) is 7.41. The molecular formula is C19H31FIN5O. The Morgan fingerprint density at radius 2 is 1.70 bits per heavy atom. The van der Waals surface area contributed by atoms with Crippen LogP contribution in [0.4, 0.5) is 10.1 Å². The maximum Gasteiger partial charge on any atom is 0.225 e. The van der Waals surface area contributed by atoms with Crippen molar-refractivity contribution < 1.29 is 9.18 Å². The molecule has 2 rings (SSSR count). The highest BCUT2D eigenvalue weighted by Crippen LogP contribution is 2.20. The van der Waals surface area contributed by atoms with Crippen LogP contribution in [0.15, 0.2) is 29.3 Å². The van der Waals surface area contributed by atoms with Crippen molar-refractivity contribution in [1.82, 2.24) is 15.5 Å². The normalized spacial score (nSPS) is 15.2. The van der Waals surface area contributed by atoms with E-state index in [0.29, 0.717) is 18.8 Å². The zero-order valence-corrected chi connectivity index (χ0v) is 18.9. The van der Waals surface area contributed by atoms with Crippen LogP contribution in [0.5, 0.6) is 0 Å². The van der Waals surface area contributed by atoms with E-state index in [1.54, 1.807) is 13.1 Å². The van der Waals surface area contributed by atoms with E-state index in [0.717, 1.165) is 32.1 Å². The maximum atomic E-state index is 13.9. The highest BCUT2D eigenvalue weighted by Gasteiger charge is 2.22. The van der Waals surface area contributed by atoms with Gasteiger partial charge in [0, 0.05) is 51.7 Å². The first-order valence-corrected chi connectivity index (χ1v) is 9.06. The fraction of sp³-hybridized carbons (Fsp3) is 0.579. The minimum atomic E-state index is -0.384. The van der Waals surface area contributed by atoms with E-state index < -0.39 is 0 Å². The number of para-hydroxylation sites is 1. The quantitative estimate of drug-likeness (QED) is 0.294. The monoisotopic (exact) mass is 491 g/mol. The summed E-state index contributed by atoms with van der Waals surface area (Å²) in [5.74, 6) is 0.661. The predicted molar refractivity (Wildman–Crippen MR) is 119 cm³/mol. The number of rotatable bonds is 4.